The van der Waals surface area contributed by atoms with Crippen LogP contribution in [-0.2, 0) is 33.7 Å². The third-order valence-electron chi connectivity index (χ3n) is 4.49. The van der Waals surface area contributed by atoms with E-state index in [-0.39, 0.29) is 27.2 Å². The molecule has 0 aromatic carbocycles. The van der Waals surface area contributed by atoms with Crippen LogP contribution in [0.5, 0.6) is 0 Å². The number of allylic oxidation sites excluding steroid dienone is 1. The molecule has 0 aliphatic carbocycles. The highest BCUT2D eigenvalue weighted by atomic mass is 32.2. The molecule has 6 N–H and O–H groups in total. The fourth-order valence-corrected chi connectivity index (χ4v) is 6.27. The van der Waals surface area contributed by atoms with Crippen LogP contribution >= 0.6 is 11.8 Å². The lowest BCUT2D eigenvalue weighted by Crippen LogP contribution is -2.68. The van der Waals surface area contributed by atoms with Crippen LogP contribution in [0.1, 0.15) is 48.0 Å². The number of carbonyl (C=O) groups excluding carboxylic acids is 3. The third-order valence-corrected chi connectivity index (χ3v) is 6.94. The van der Waals surface area contributed by atoms with Crippen LogP contribution in [0.3, 0.4) is 0 Å². The highest BCUT2D eigenvalue weighted by Crippen LogP contribution is 2.54. The van der Waals surface area contributed by atoms with E-state index in [9.17, 15) is 27.6 Å². The molecule has 3 amide bonds. The lowest BCUT2D eigenvalue weighted by molar-refractivity contribution is -0.139. The lowest BCUT2D eigenvalue weighted by Gasteiger charge is -2.57. The highest BCUT2D eigenvalue weighted by Gasteiger charge is 2.54. The number of carbonyl (C=O) groups is 4. The van der Waals surface area contributed by atoms with E-state index in [1.165, 1.54) is 6.92 Å². The van der Waals surface area contributed by atoms with Crippen molar-refractivity contribution in [2.45, 2.75) is 75.6 Å². The van der Waals surface area contributed by atoms with Gasteiger partial charge in [0.1, 0.15) is 11.8 Å². The number of aliphatic carboxylic acids is 1. The van der Waals surface area contributed by atoms with Crippen molar-refractivity contribution in [2.75, 3.05) is 0 Å². The minimum Gasteiger partial charge on any atom is -0.481 e. The summed E-state index contributed by atoms with van der Waals surface area (Å²) in [7, 11) is -3.85. The van der Waals surface area contributed by atoms with Crippen LogP contribution in [0.2, 0.25) is 0 Å². The Morgan fingerprint density at radius 1 is 1.25 bits per heavy atom. The zero-order valence-corrected chi connectivity index (χ0v) is 20.3. The number of carboxylic acids is 1. The monoisotopic (exact) mass is 494 g/mol. The maximum Gasteiger partial charge on any atom is 0.409 e. The molecular weight excluding hydrogens is 464 g/mol. The molecule has 0 bridgehead atoms. The minimum absolute atomic E-state index is 0.00968. The molecular formula is C18H30N4O8S2. The van der Waals surface area contributed by atoms with E-state index in [0.29, 0.717) is 0 Å². The number of nitrogens with two attached hydrogens (primary N) is 1. The molecule has 1 saturated heterocycles. The van der Waals surface area contributed by atoms with Crippen LogP contribution in [0.15, 0.2) is 11.8 Å². The van der Waals surface area contributed by atoms with Gasteiger partial charge in [-0.05, 0) is 41.5 Å². The second kappa shape index (κ2) is 10.1. The molecule has 0 unspecified atom stereocenters. The Morgan fingerprint density at radius 3 is 2.19 bits per heavy atom. The Balaban J connectivity index is 0.000000425. The molecule has 0 aromatic rings. The van der Waals surface area contributed by atoms with Gasteiger partial charge in [0.15, 0.2) is 0 Å². The summed E-state index contributed by atoms with van der Waals surface area (Å²) in [5.74, 6) is -2.71. The van der Waals surface area contributed by atoms with Crippen molar-refractivity contribution in [3.63, 3.8) is 0 Å². The average molecular weight is 495 g/mol. The predicted octanol–water partition coefficient (Wildman–Crippen LogP) is -0.637. The maximum absolute atomic E-state index is 12.2. The molecule has 12 nitrogen and oxygen atoms in total. The number of hydrogen-bond acceptors (Lipinski definition) is 9. The molecule has 182 valence electrons. The summed E-state index contributed by atoms with van der Waals surface area (Å²) in [6.45, 7) is 11.2. The number of carboxylic acid groups (broad SMARTS) is 1. The van der Waals surface area contributed by atoms with Gasteiger partial charge in [-0.1, -0.05) is 0 Å². The van der Waals surface area contributed by atoms with E-state index in [2.05, 4.69) is 42.5 Å². The van der Waals surface area contributed by atoms with Gasteiger partial charge in [0.2, 0.25) is 11.8 Å². The van der Waals surface area contributed by atoms with E-state index in [4.69, 9.17) is 10.8 Å². The molecule has 0 spiro atoms. The van der Waals surface area contributed by atoms with E-state index >= 15 is 0 Å². The summed E-state index contributed by atoms with van der Waals surface area (Å²) in [6, 6.07) is -1.95. The molecule has 0 aromatic heterocycles. The van der Waals surface area contributed by atoms with Crippen LogP contribution in [0.25, 0.3) is 0 Å². The maximum atomic E-state index is 12.2. The molecule has 32 heavy (non-hydrogen) atoms. The van der Waals surface area contributed by atoms with Crippen molar-refractivity contribution < 1.29 is 36.9 Å². The number of rotatable bonds is 6. The second-order valence-electron chi connectivity index (χ2n) is 8.44. The second-order valence-corrected chi connectivity index (χ2v) is 12.0. The van der Waals surface area contributed by atoms with Gasteiger partial charge in [-0.2, -0.15) is 8.42 Å². The van der Waals surface area contributed by atoms with Crippen LogP contribution in [0.4, 0.5) is 0 Å². The Morgan fingerprint density at radius 2 is 1.78 bits per heavy atom. The third kappa shape index (κ3) is 7.98. The summed E-state index contributed by atoms with van der Waals surface area (Å²) < 4.78 is 26.7. The number of amides is 3. The summed E-state index contributed by atoms with van der Waals surface area (Å²) >= 11 is 1.79. The average Bonchev–Trinajstić information content (AvgIpc) is 2.55. The first-order chi connectivity index (χ1) is 14.4. The smallest absolute Gasteiger partial charge is 0.409 e. The Hall–Kier alpha value is -2.32. The SMILES string of the molecule is CC1=CC(=O)NS(=O)(=O)O1.C[C@@H](NC(=O)[C@@H](N)CC(=O)O)C(=O)NC1C(C)(C)SC1(C)C. The van der Waals surface area contributed by atoms with Crippen LogP contribution in [-0.4, -0.2) is 64.8 Å². The molecule has 14 heteroatoms. The first-order valence-electron chi connectivity index (χ1n) is 9.59. The normalized spacial score (nSPS) is 22.2. The molecule has 2 aliphatic rings. The van der Waals surface area contributed by atoms with Gasteiger partial charge < -0.3 is 25.7 Å². The van der Waals surface area contributed by atoms with Crippen LogP contribution in [0, 0.1) is 0 Å². The Kier molecular flexibility index (Phi) is 8.73. The fourth-order valence-electron chi connectivity index (χ4n) is 3.41. The highest BCUT2D eigenvalue weighted by molar-refractivity contribution is 8.03. The van der Waals surface area contributed by atoms with Crippen molar-refractivity contribution in [3.8, 4) is 0 Å². The molecule has 1 fully saturated rings. The topological polar surface area (TPSA) is 194 Å². The summed E-state index contributed by atoms with van der Waals surface area (Å²) in [6.07, 6.45) is 0.584. The van der Waals surface area contributed by atoms with Crippen LogP contribution < -0.4 is 21.1 Å². The first-order valence-corrected chi connectivity index (χ1v) is 11.8. The summed E-state index contributed by atoms with van der Waals surface area (Å²) in [5, 5.41) is 14.0. The first kappa shape index (κ1) is 27.7. The van der Waals surface area contributed by atoms with Gasteiger partial charge in [0.05, 0.1) is 18.5 Å². The van der Waals surface area contributed by atoms with Gasteiger partial charge in [-0.3, -0.25) is 19.2 Å². The van der Waals surface area contributed by atoms with E-state index in [0.717, 1.165) is 6.08 Å². The largest absolute Gasteiger partial charge is 0.481 e. The number of thioether (sulfide) groups is 1. The van der Waals surface area contributed by atoms with Crippen molar-refractivity contribution in [1.29, 1.82) is 0 Å². The van der Waals surface area contributed by atoms with Gasteiger partial charge in [-0.15, -0.1) is 11.8 Å². The Bertz CT molecular complexity index is 900. The number of nitrogens with one attached hydrogen (secondary N) is 3. The molecule has 0 radical (unpaired) electrons. The molecule has 2 atom stereocenters. The van der Waals surface area contributed by atoms with Crippen molar-refractivity contribution in [1.82, 2.24) is 15.4 Å². The zero-order chi connectivity index (χ0) is 25.1. The molecule has 2 aliphatic heterocycles. The molecule has 2 heterocycles. The fraction of sp³-hybridized carbons (Fsp3) is 0.667. The Labute approximate surface area is 191 Å². The summed E-state index contributed by atoms with van der Waals surface area (Å²) in [5.41, 5.74) is 5.46. The predicted molar refractivity (Wildman–Crippen MR) is 117 cm³/mol. The standard InChI is InChI=1S/C14H25N3O4S.C4H5NO4S/c1-7(16-11(21)8(15)6-9(18)19)10(20)17-12-13(2,3)22-14(12,4)5;1-3-2-4(6)5-10(7,8)9-3/h7-8,12H,6,15H2,1-5H3,(H,16,21)(H,17,20)(H,18,19);2H,1H3,(H,5,6)/t7-,8+;/m1./s1. The van der Waals surface area contributed by atoms with Crippen molar-refractivity contribution in [3.05, 3.63) is 11.8 Å². The van der Waals surface area contributed by atoms with Gasteiger partial charge >= 0.3 is 16.3 Å². The molecule has 2 rings (SSSR count). The quantitative estimate of drug-likeness (QED) is 0.317. The van der Waals surface area contributed by atoms with E-state index in [1.54, 1.807) is 23.4 Å². The molecule has 0 saturated carbocycles. The van der Waals surface area contributed by atoms with Gasteiger partial charge in [-0.25, -0.2) is 4.72 Å². The van der Waals surface area contributed by atoms with E-state index < -0.39 is 46.6 Å². The number of hydrogen-bond donors (Lipinski definition) is 5. The van der Waals surface area contributed by atoms with Gasteiger partial charge in [0.25, 0.3) is 5.91 Å². The van der Waals surface area contributed by atoms with Gasteiger partial charge in [0, 0.05) is 15.6 Å². The lowest BCUT2D eigenvalue weighted by atomic mass is 9.89. The van der Waals surface area contributed by atoms with Crippen molar-refractivity contribution in [2.24, 2.45) is 5.73 Å². The van der Waals surface area contributed by atoms with Crippen molar-refractivity contribution >= 4 is 45.8 Å². The van der Waals surface area contributed by atoms with E-state index in [1.807, 2.05) is 0 Å². The zero-order valence-electron chi connectivity index (χ0n) is 18.7. The minimum atomic E-state index is -3.85. The summed E-state index contributed by atoms with van der Waals surface area (Å²) in [4.78, 5) is 44.9.